The average molecular weight is 191 g/mol. The van der Waals surface area contributed by atoms with E-state index in [9.17, 15) is 9.59 Å². The van der Waals surface area contributed by atoms with Gasteiger partial charge < -0.3 is 20.3 Å². The molecular weight excluding hydrogens is 178 g/mol. The minimum absolute atomic E-state index is 0.151. The highest BCUT2D eigenvalue weighted by atomic mass is 16.5. The second kappa shape index (κ2) is 5.36. The van der Waals surface area contributed by atoms with Gasteiger partial charge in [0.25, 0.3) is 0 Å². The van der Waals surface area contributed by atoms with Crippen LogP contribution in [0.4, 0.5) is 4.79 Å². The van der Waals surface area contributed by atoms with Crippen molar-refractivity contribution in [2.75, 3.05) is 6.61 Å². The van der Waals surface area contributed by atoms with Gasteiger partial charge in [-0.15, -0.1) is 0 Å². The summed E-state index contributed by atoms with van der Waals surface area (Å²) in [5.74, 6) is -1.30. The number of alkyl carbamates (subject to hydrolysis) is 1. The van der Waals surface area contributed by atoms with Gasteiger partial charge in [-0.1, -0.05) is 0 Å². The van der Waals surface area contributed by atoms with Gasteiger partial charge in [0.15, 0.2) is 6.04 Å². The molecule has 0 unspecified atom stereocenters. The maximum atomic E-state index is 10.8. The summed E-state index contributed by atoms with van der Waals surface area (Å²) >= 11 is 0. The topological polar surface area (TPSA) is 95.9 Å². The number of nitrogens with one attached hydrogen (secondary N) is 1. The van der Waals surface area contributed by atoms with E-state index in [-0.39, 0.29) is 6.61 Å². The first kappa shape index (κ1) is 11.7. The number of aliphatic hydroxyl groups excluding tert-OH is 1. The van der Waals surface area contributed by atoms with E-state index in [1.807, 2.05) is 5.32 Å². The summed E-state index contributed by atoms with van der Waals surface area (Å²) in [5, 5.41) is 19.5. The van der Waals surface area contributed by atoms with Crippen LogP contribution in [0.15, 0.2) is 0 Å². The van der Waals surface area contributed by atoms with Gasteiger partial charge >= 0.3 is 12.1 Å². The zero-order chi connectivity index (χ0) is 10.4. The average Bonchev–Trinajstić information content (AvgIpc) is 1.99. The lowest BCUT2D eigenvalue weighted by Crippen LogP contribution is -2.47. The van der Waals surface area contributed by atoms with Crippen LogP contribution in [0.3, 0.4) is 0 Å². The van der Waals surface area contributed by atoms with E-state index in [1.165, 1.54) is 6.92 Å². The Hall–Kier alpha value is -1.30. The number of carbonyl (C=O) groups is 2. The Morgan fingerprint density at radius 3 is 2.38 bits per heavy atom. The van der Waals surface area contributed by atoms with Crippen LogP contribution in [0.1, 0.15) is 13.8 Å². The van der Waals surface area contributed by atoms with E-state index in [0.29, 0.717) is 0 Å². The van der Waals surface area contributed by atoms with Crippen LogP contribution in [-0.2, 0) is 9.53 Å². The summed E-state index contributed by atoms with van der Waals surface area (Å²) < 4.78 is 4.45. The number of carboxylic acid groups (broad SMARTS) is 1. The Bertz CT molecular complexity index is 191. The number of aliphatic carboxylic acids is 1. The molecule has 13 heavy (non-hydrogen) atoms. The molecule has 0 aliphatic heterocycles. The normalized spacial score (nSPS) is 14.4. The van der Waals surface area contributed by atoms with E-state index >= 15 is 0 Å². The molecule has 1 amide bonds. The van der Waals surface area contributed by atoms with Crippen molar-refractivity contribution < 1.29 is 24.5 Å². The van der Waals surface area contributed by atoms with E-state index in [0.717, 1.165) is 0 Å². The molecule has 0 saturated carbocycles. The number of hydrogen-bond donors (Lipinski definition) is 3. The van der Waals surface area contributed by atoms with Crippen molar-refractivity contribution in [3.63, 3.8) is 0 Å². The van der Waals surface area contributed by atoms with Crippen LogP contribution in [0, 0.1) is 0 Å². The van der Waals surface area contributed by atoms with E-state index in [4.69, 9.17) is 10.2 Å². The lowest BCUT2D eigenvalue weighted by Gasteiger charge is -2.16. The maximum Gasteiger partial charge on any atom is 0.407 e. The quantitative estimate of drug-likeness (QED) is 0.560. The Kier molecular flexibility index (Phi) is 4.83. The summed E-state index contributed by atoms with van der Waals surface area (Å²) in [6.07, 6.45) is -2.02. The van der Waals surface area contributed by atoms with E-state index < -0.39 is 24.2 Å². The molecule has 0 spiro atoms. The molecule has 0 aliphatic carbocycles. The Morgan fingerprint density at radius 1 is 1.54 bits per heavy atom. The fourth-order valence-electron chi connectivity index (χ4n) is 0.688. The number of carbonyl (C=O) groups excluding carboxylic acids is 1. The summed E-state index contributed by atoms with van der Waals surface area (Å²) in [5.41, 5.74) is 0. The molecule has 76 valence electrons. The van der Waals surface area contributed by atoms with Gasteiger partial charge in [-0.25, -0.2) is 9.59 Å². The smallest absolute Gasteiger partial charge is 0.407 e. The molecule has 0 heterocycles. The van der Waals surface area contributed by atoms with Gasteiger partial charge in [-0.05, 0) is 13.8 Å². The SMILES string of the molecule is CCOC(=O)N[C@H](C(=O)O)[C@@H](C)O. The zero-order valence-corrected chi connectivity index (χ0v) is 7.48. The van der Waals surface area contributed by atoms with Crippen LogP contribution in [0.2, 0.25) is 0 Å². The second-order valence-corrected chi connectivity index (χ2v) is 2.42. The highest BCUT2D eigenvalue weighted by Crippen LogP contribution is 1.93. The molecule has 6 heteroatoms. The summed E-state index contributed by atoms with van der Waals surface area (Å²) in [4.78, 5) is 21.2. The summed E-state index contributed by atoms with van der Waals surface area (Å²) in [6.45, 7) is 3.01. The largest absolute Gasteiger partial charge is 0.480 e. The standard InChI is InChI=1S/C7H13NO5/c1-3-13-7(12)8-5(4(2)9)6(10)11/h4-5,9H,3H2,1-2H3,(H,8,12)(H,10,11)/t4-,5+/m1/s1. The van der Waals surface area contributed by atoms with Crippen molar-refractivity contribution in [2.45, 2.75) is 26.0 Å². The molecule has 0 rings (SSSR count). The van der Waals surface area contributed by atoms with Crippen molar-refractivity contribution in [3.05, 3.63) is 0 Å². The van der Waals surface area contributed by atoms with Gasteiger partial charge in [-0.2, -0.15) is 0 Å². The minimum atomic E-state index is -1.33. The van der Waals surface area contributed by atoms with Crippen LogP contribution in [0.5, 0.6) is 0 Å². The number of aliphatic hydroxyl groups is 1. The van der Waals surface area contributed by atoms with Gasteiger partial charge in [0.1, 0.15) is 0 Å². The second-order valence-electron chi connectivity index (χ2n) is 2.42. The van der Waals surface area contributed by atoms with Crippen LogP contribution in [0.25, 0.3) is 0 Å². The third-order valence-corrected chi connectivity index (χ3v) is 1.30. The number of hydrogen-bond acceptors (Lipinski definition) is 4. The number of rotatable bonds is 4. The first-order valence-corrected chi connectivity index (χ1v) is 3.83. The lowest BCUT2D eigenvalue weighted by atomic mass is 10.2. The third kappa shape index (κ3) is 4.32. The molecule has 0 aromatic rings. The Balaban J connectivity index is 4.10. The predicted octanol–water partition coefficient (Wildman–Crippen LogP) is -0.433. The molecule has 3 N–H and O–H groups in total. The minimum Gasteiger partial charge on any atom is -0.480 e. The molecular formula is C7H13NO5. The molecule has 0 saturated heterocycles. The molecule has 0 bridgehead atoms. The van der Waals surface area contributed by atoms with Crippen molar-refractivity contribution in [2.24, 2.45) is 0 Å². The van der Waals surface area contributed by atoms with Crippen molar-refractivity contribution in [1.82, 2.24) is 5.32 Å². The highest BCUT2D eigenvalue weighted by molar-refractivity contribution is 5.80. The van der Waals surface area contributed by atoms with Crippen LogP contribution >= 0.6 is 0 Å². The summed E-state index contributed by atoms with van der Waals surface area (Å²) in [7, 11) is 0. The van der Waals surface area contributed by atoms with E-state index in [1.54, 1.807) is 6.92 Å². The predicted molar refractivity (Wildman–Crippen MR) is 43.3 cm³/mol. The fourth-order valence-corrected chi connectivity index (χ4v) is 0.688. The zero-order valence-electron chi connectivity index (χ0n) is 7.48. The lowest BCUT2D eigenvalue weighted by molar-refractivity contribution is -0.142. The molecule has 0 aliphatic rings. The monoisotopic (exact) mass is 191 g/mol. The van der Waals surface area contributed by atoms with E-state index in [2.05, 4.69) is 4.74 Å². The van der Waals surface area contributed by atoms with Gasteiger partial charge in [0.05, 0.1) is 12.7 Å². The summed E-state index contributed by atoms with van der Waals surface area (Å²) in [6, 6.07) is -1.33. The van der Waals surface area contributed by atoms with Crippen LogP contribution < -0.4 is 5.32 Å². The molecule has 0 aromatic carbocycles. The van der Waals surface area contributed by atoms with Crippen LogP contribution in [-0.4, -0.2) is 41.0 Å². The Labute approximate surface area is 75.5 Å². The Morgan fingerprint density at radius 2 is 2.08 bits per heavy atom. The molecule has 2 atom stereocenters. The number of amides is 1. The fraction of sp³-hybridized carbons (Fsp3) is 0.714. The molecule has 0 radical (unpaired) electrons. The van der Waals surface area contributed by atoms with Gasteiger partial charge in [-0.3, -0.25) is 0 Å². The molecule has 0 aromatic heterocycles. The first-order valence-electron chi connectivity index (χ1n) is 3.83. The molecule has 6 nitrogen and oxygen atoms in total. The number of carboxylic acids is 1. The van der Waals surface area contributed by atoms with Crippen molar-refractivity contribution in [3.8, 4) is 0 Å². The van der Waals surface area contributed by atoms with Crippen molar-refractivity contribution in [1.29, 1.82) is 0 Å². The number of ether oxygens (including phenoxy) is 1. The first-order chi connectivity index (χ1) is 5.99. The van der Waals surface area contributed by atoms with Gasteiger partial charge in [0.2, 0.25) is 0 Å². The molecule has 0 fully saturated rings. The third-order valence-electron chi connectivity index (χ3n) is 1.30. The maximum absolute atomic E-state index is 10.8. The highest BCUT2D eigenvalue weighted by Gasteiger charge is 2.25. The van der Waals surface area contributed by atoms with Gasteiger partial charge in [0, 0.05) is 0 Å². The van der Waals surface area contributed by atoms with Crippen molar-refractivity contribution >= 4 is 12.1 Å².